The fourth-order valence-electron chi connectivity index (χ4n) is 2.52. The number of methoxy groups -OCH3 is 2. The minimum atomic E-state index is -0.124. The molecule has 0 aliphatic heterocycles. The average Bonchev–Trinajstić information content (AvgIpc) is 2.77. The summed E-state index contributed by atoms with van der Waals surface area (Å²) >= 11 is 0. The molecule has 0 radical (unpaired) electrons. The summed E-state index contributed by atoms with van der Waals surface area (Å²) in [7, 11) is 3.13. The van der Waals surface area contributed by atoms with E-state index in [0.29, 0.717) is 64.9 Å². The molecule has 0 aromatic heterocycles. The van der Waals surface area contributed by atoms with Gasteiger partial charge in [0.1, 0.15) is 6.61 Å². The van der Waals surface area contributed by atoms with Crippen LogP contribution in [-0.2, 0) is 35.1 Å². The molecule has 2 amide bonds. The van der Waals surface area contributed by atoms with E-state index >= 15 is 0 Å². The second kappa shape index (κ2) is 18.7. The fraction of sp³-hybridized carbons (Fsp3) is 0.636. The Balaban J connectivity index is 1.85. The van der Waals surface area contributed by atoms with Crippen molar-refractivity contribution in [3.63, 3.8) is 0 Å². The van der Waals surface area contributed by atoms with Gasteiger partial charge in [0.05, 0.1) is 33.0 Å². The monoisotopic (exact) mass is 440 g/mol. The van der Waals surface area contributed by atoms with Gasteiger partial charge in [-0.25, -0.2) is 0 Å². The highest BCUT2D eigenvalue weighted by Gasteiger charge is 2.04. The minimum absolute atomic E-state index is 0.0788. The highest BCUT2D eigenvalue weighted by Crippen LogP contribution is 2.05. The topological polar surface area (TPSA) is 104 Å². The number of nitrogens with one attached hydrogen (secondary N) is 2. The number of ether oxygens (including phenoxy) is 5. The van der Waals surface area contributed by atoms with Crippen LogP contribution in [0.25, 0.3) is 0 Å². The van der Waals surface area contributed by atoms with Crippen molar-refractivity contribution < 1.29 is 33.3 Å². The number of carbonyl (C=O) groups excluding carboxylic acids is 2. The average molecular weight is 441 g/mol. The molecule has 1 rings (SSSR count). The summed E-state index contributed by atoms with van der Waals surface area (Å²) < 4.78 is 26.1. The maximum Gasteiger partial charge on any atom is 0.251 e. The van der Waals surface area contributed by atoms with Crippen LogP contribution in [0.4, 0.5) is 0 Å². The third kappa shape index (κ3) is 14.6. The first kappa shape index (κ1) is 27.0. The van der Waals surface area contributed by atoms with Gasteiger partial charge in [-0.2, -0.15) is 0 Å². The quantitative estimate of drug-likeness (QED) is 0.311. The van der Waals surface area contributed by atoms with Crippen molar-refractivity contribution in [3.05, 3.63) is 35.4 Å². The molecule has 31 heavy (non-hydrogen) atoms. The second-order valence-electron chi connectivity index (χ2n) is 6.71. The van der Waals surface area contributed by atoms with E-state index in [4.69, 9.17) is 23.7 Å². The normalized spacial score (nSPS) is 10.8. The number of carbonyl (C=O) groups is 2. The minimum Gasteiger partial charge on any atom is -0.380 e. The molecule has 0 heterocycles. The predicted molar refractivity (Wildman–Crippen MR) is 116 cm³/mol. The molecular formula is C22H36N2O7. The molecule has 0 aliphatic carbocycles. The Morgan fingerprint density at radius 1 is 0.742 bits per heavy atom. The Kier molecular flexibility index (Phi) is 16.3. The van der Waals surface area contributed by atoms with E-state index in [2.05, 4.69) is 10.6 Å². The molecule has 2 N–H and O–H groups in total. The first-order valence-corrected chi connectivity index (χ1v) is 10.5. The zero-order chi connectivity index (χ0) is 22.6. The zero-order valence-corrected chi connectivity index (χ0v) is 18.7. The standard InChI is InChI=1S/C22H36N2O7/c1-27-17-19-5-7-20(8-6-19)22(26)24-10-4-12-30-14-16-31-15-13-29-11-3-9-23-21(25)18-28-2/h5-8H,3-4,9-18H2,1-2H3,(H,23,25)(H,24,26). The Morgan fingerprint density at radius 3 is 1.84 bits per heavy atom. The van der Waals surface area contributed by atoms with Gasteiger partial charge in [-0.1, -0.05) is 12.1 Å². The molecule has 176 valence electrons. The largest absolute Gasteiger partial charge is 0.380 e. The van der Waals surface area contributed by atoms with Crippen LogP contribution in [0, 0.1) is 0 Å². The molecule has 0 fully saturated rings. The van der Waals surface area contributed by atoms with Crippen LogP contribution < -0.4 is 10.6 Å². The summed E-state index contributed by atoms with van der Waals surface area (Å²) in [5.74, 6) is -0.217. The molecule has 0 saturated carbocycles. The van der Waals surface area contributed by atoms with Crippen LogP contribution in [0.3, 0.4) is 0 Å². The molecule has 0 atom stereocenters. The van der Waals surface area contributed by atoms with Gasteiger partial charge >= 0.3 is 0 Å². The predicted octanol–water partition coefficient (Wildman–Crippen LogP) is 1.16. The van der Waals surface area contributed by atoms with Gasteiger partial charge in [0.2, 0.25) is 5.91 Å². The van der Waals surface area contributed by atoms with Crippen molar-refractivity contribution in [2.75, 3.05) is 73.6 Å². The molecular weight excluding hydrogens is 404 g/mol. The van der Waals surface area contributed by atoms with Crippen LogP contribution in [0.15, 0.2) is 24.3 Å². The van der Waals surface area contributed by atoms with Crippen molar-refractivity contribution in [1.29, 1.82) is 0 Å². The lowest BCUT2D eigenvalue weighted by molar-refractivity contribution is -0.124. The third-order valence-corrected chi connectivity index (χ3v) is 4.09. The van der Waals surface area contributed by atoms with Crippen LogP contribution >= 0.6 is 0 Å². The summed E-state index contributed by atoms with van der Waals surface area (Å²) in [5.41, 5.74) is 1.66. The zero-order valence-electron chi connectivity index (χ0n) is 18.7. The summed E-state index contributed by atoms with van der Waals surface area (Å²) in [6.07, 6.45) is 1.48. The molecule has 9 nitrogen and oxygen atoms in total. The van der Waals surface area contributed by atoms with E-state index in [1.807, 2.05) is 12.1 Å². The molecule has 0 aliphatic rings. The van der Waals surface area contributed by atoms with Crippen molar-refractivity contribution in [1.82, 2.24) is 10.6 Å². The summed E-state index contributed by atoms with van der Waals surface area (Å²) in [5, 5.41) is 5.60. The van der Waals surface area contributed by atoms with Crippen molar-refractivity contribution in [3.8, 4) is 0 Å². The van der Waals surface area contributed by atoms with Gasteiger partial charge in [-0.3, -0.25) is 9.59 Å². The summed E-state index contributed by atoms with van der Waals surface area (Å²) in [6, 6.07) is 7.36. The maximum atomic E-state index is 12.1. The number of hydrogen-bond acceptors (Lipinski definition) is 7. The molecule has 1 aromatic rings. The van der Waals surface area contributed by atoms with Crippen molar-refractivity contribution in [2.45, 2.75) is 19.4 Å². The van der Waals surface area contributed by atoms with Crippen LogP contribution in [0.2, 0.25) is 0 Å². The van der Waals surface area contributed by atoms with E-state index in [0.717, 1.165) is 18.4 Å². The van der Waals surface area contributed by atoms with E-state index in [-0.39, 0.29) is 18.4 Å². The van der Waals surface area contributed by atoms with Gasteiger partial charge in [0.15, 0.2) is 0 Å². The molecule has 0 bridgehead atoms. The molecule has 0 saturated heterocycles. The molecule has 1 aromatic carbocycles. The molecule has 0 spiro atoms. The van der Waals surface area contributed by atoms with Gasteiger partial charge < -0.3 is 34.3 Å². The highest BCUT2D eigenvalue weighted by molar-refractivity contribution is 5.94. The smallest absolute Gasteiger partial charge is 0.251 e. The lowest BCUT2D eigenvalue weighted by atomic mass is 10.1. The Hall–Kier alpha value is -2.04. The Labute approximate surface area is 184 Å². The van der Waals surface area contributed by atoms with Crippen molar-refractivity contribution >= 4 is 11.8 Å². The SMILES string of the molecule is COCC(=O)NCCCOCCOCCOCCCNC(=O)c1ccc(COC)cc1. The van der Waals surface area contributed by atoms with E-state index in [9.17, 15) is 9.59 Å². The number of benzene rings is 1. The van der Waals surface area contributed by atoms with Gasteiger partial charge in [-0.15, -0.1) is 0 Å². The number of amides is 2. The number of rotatable bonds is 19. The lowest BCUT2D eigenvalue weighted by Gasteiger charge is -2.08. The van der Waals surface area contributed by atoms with Gasteiger partial charge in [0.25, 0.3) is 5.91 Å². The second-order valence-corrected chi connectivity index (χ2v) is 6.71. The Morgan fingerprint density at radius 2 is 1.29 bits per heavy atom. The van der Waals surface area contributed by atoms with Crippen LogP contribution in [0.5, 0.6) is 0 Å². The van der Waals surface area contributed by atoms with Gasteiger partial charge in [0, 0.05) is 46.1 Å². The van der Waals surface area contributed by atoms with Crippen molar-refractivity contribution in [2.24, 2.45) is 0 Å². The highest BCUT2D eigenvalue weighted by atomic mass is 16.5. The first-order valence-electron chi connectivity index (χ1n) is 10.5. The lowest BCUT2D eigenvalue weighted by Crippen LogP contribution is -2.28. The van der Waals surface area contributed by atoms with Gasteiger partial charge in [-0.05, 0) is 30.5 Å². The van der Waals surface area contributed by atoms with Crippen LogP contribution in [-0.4, -0.2) is 85.4 Å². The maximum absolute atomic E-state index is 12.1. The van der Waals surface area contributed by atoms with E-state index < -0.39 is 0 Å². The van der Waals surface area contributed by atoms with E-state index in [1.54, 1.807) is 19.2 Å². The van der Waals surface area contributed by atoms with Crippen LogP contribution in [0.1, 0.15) is 28.8 Å². The Bertz CT molecular complexity index is 596. The number of hydrogen-bond donors (Lipinski definition) is 2. The molecule has 9 heteroatoms. The summed E-state index contributed by atoms with van der Waals surface area (Å²) in [6.45, 7) is 4.86. The third-order valence-electron chi connectivity index (χ3n) is 4.09. The fourth-order valence-corrected chi connectivity index (χ4v) is 2.52. The first-order chi connectivity index (χ1) is 15.2. The van der Waals surface area contributed by atoms with E-state index in [1.165, 1.54) is 7.11 Å². The molecule has 0 unspecified atom stereocenters. The summed E-state index contributed by atoms with van der Waals surface area (Å²) in [4.78, 5) is 23.2.